The van der Waals surface area contributed by atoms with E-state index in [1.54, 1.807) is 42.5 Å². The van der Waals surface area contributed by atoms with Crippen molar-refractivity contribution in [2.75, 3.05) is 17.2 Å². The van der Waals surface area contributed by atoms with Crippen molar-refractivity contribution in [1.29, 1.82) is 0 Å². The number of anilines is 2. The maximum absolute atomic E-state index is 12.2. The van der Waals surface area contributed by atoms with Crippen molar-refractivity contribution in [3.63, 3.8) is 0 Å². The molecule has 0 fully saturated rings. The van der Waals surface area contributed by atoms with Crippen molar-refractivity contribution < 1.29 is 24.2 Å². The van der Waals surface area contributed by atoms with E-state index < -0.39 is 24.0 Å². The van der Waals surface area contributed by atoms with Crippen LogP contribution in [0.5, 0.6) is 0 Å². The molecule has 2 atom stereocenters. The third-order valence-corrected chi connectivity index (χ3v) is 5.67. The number of hydrogen-bond acceptors (Lipinski definition) is 6. The molecule has 7 N–H and O–H groups in total. The van der Waals surface area contributed by atoms with Gasteiger partial charge in [0, 0.05) is 29.4 Å². The Kier molecular flexibility index (Phi) is 8.64. The quantitative estimate of drug-likeness (QED) is 0.286. The Labute approximate surface area is 209 Å². The monoisotopic (exact) mass is 490 g/mol. The summed E-state index contributed by atoms with van der Waals surface area (Å²) in [5, 5.41) is 15.4. The Morgan fingerprint density at radius 3 is 2.36 bits per heavy atom. The van der Waals surface area contributed by atoms with E-state index in [1.165, 1.54) is 6.07 Å². The summed E-state index contributed by atoms with van der Waals surface area (Å²) in [6.07, 6.45) is -0.106. The minimum Gasteiger partial charge on any atom is -0.479 e. The lowest BCUT2D eigenvalue weighted by molar-refractivity contribution is -0.138. The van der Waals surface area contributed by atoms with Gasteiger partial charge in [0.05, 0.1) is 6.61 Å². The average Bonchev–Trinajstić information content (AvgIpc) is 2.83. The van der Waals surface area contributed by atoms with Crippen LogP contribution in [-0.4, -0.2) is 29.7 Å². The average molecular weight is 491 g/mol. The summed E-state index contributed by atoms with van der Waals surface area (Å²) in [6.45, 7) is 3.88. The number of primary amides is 1. The van der Waals surface area contributed by atoms with Crippen molar-refractivity contribution in [3.05, 3.63) is 94.5 Å². The van der Waals surface area contributed by atoms with Gasteiger partial charge in [-0.05, 0) is 66.4 Å². The molecule has 36 heavy (non-hydrogen) atoms. The molecule has 0 aliphatic carbocycles. The van der Waals surface area contributed by atoms with Gasteiger partial charge in [-0.3, -0.25) is 10.1 Å². The normalized spacial score (nSPS) is 12.3. The zero-order valence-corrected chi connectivity index (χ0v) is 20.2. The number of nitrogens with two attached hydrogens (primary N) is 2. The third kappa shape index (κ3) is 7.07. The van der Waals surface area contributed by atoms with Crippen molar-refractivity contribution in [2.24, 2.45) is 11.5 Å². The minimum atomic E-state index is -1.07. The number of amides is 2. The van der Waals surface area contributed by atoms with E-state index in [4.69, 9.17) is 16.2 Å². The van der Waals surface area contributed by atoms with Crippen molar-refractivity contribution in [1.82, 2.24) is 0 Å². The van der Waals surface area contributed by atoms with E-state index >= 15 is 0 Å². The fourth-order valence-corrected chi connectivity index (χ4v) is 3.70. The van der Waals surface area contributed by atoms with E-state index in [1.807, 2.05) is 32.0 Å². The molecule has 0 saturated carbocycles. The van der Waals surface area contributed by atoms with Gasteiger partial charge in [0.1, 0.15) is 0 Å². The fraction of sp³-hybridized carbons (Fsp3) is 0.222. The number of carbonyl (C=O) groups is 3. The van der Waals surface area contributed by atoms with Crippen LogP contribution in [0.3, 0.4) is 0 Å². The molecule has 3 rings (SSSR count). The maximum Gasteiger partial charge on any atom is 0.411 e. The molecule has 0 aromatic heterocycles. The largest absolute Gasteiger partial charge is 0.479 e. The highest BCUT2D eigenvalue weighted by Gasteiger charge is 2.21. The van der Waals surface area contributed by atoms with Gasteiger partial charge in [0.2, 0.25) is 5.91 Å². The lowest BCUT2D eigenvalue weighted by Gasteiger charge is -2.18. The Balaban J connectivity index is 1.60. The number of carbonyl (C=O) groups excluding carboxylic acids is 2. The first kappa shape index (κ1) is 26.2. The highest BCUT2D eigenvalue weighted by molar-refractivity contribution is 5.94. The predicted octanol–water partition coefficient (Wildman–Crippen LogP) is 4.14. The van der Waals surface area contributed by atoms with E-state index in [2.05, 4.69) is 10.6 Å². The summed E-state index contributed by atoms with van der Waals surface area (Å²) in [4.78, 5) is 35.5. The van der Waals surface area contributed by atoms with Gasteiger partial charge in [-0.25, -0.2) is 9.59 Å². The van der Waals surface area contributed by atoms with Gasteiger partial charge >= 0.3 is 12.1 Å². The standard InChI is InChI=1S/C27H30N4O5/c1-16-13-20(24(26(33)34)30-22-7-4-6-21(15-22)25(29)32)10-9-18(16)11-12-36-27(35)31-23-8-3-5-19(14-23)17(2)28/h3-10,13-15,17,24,30H,11-12,28H2,1-2H3,(H2,29,32)(H,31,35)(H,33,34). The van der Waals surface area contributed by atoms with Gasteiger partial charge in [-0.15, -0.1) is 0 Å². The second-order valence-electron chi connectivity index (χ2n) is 8.47. The zero-order chi connectivity index (χ0) is 26.2. The molecule has 188 valence electrons. The van der Waals surface area contributed by atoms with Crippen LogP contribution < -0.4 is 22.1 Å². The number of aryl methyl sites for hydroxylation is 1. The molecule has 0 saturated heterocycles. The summed E-state index contributed by atoms with van der Waals surface area (Å²) in [5.41, 5.74) is 15.8. The lowest BCUT2D eigenvalue weighted by Crippen LogP contribution is -2.21. The van der Waals surface area contributed by atoms with Crippen LogP contribution in [-0.2, 0) is 16.0 Å². The number of aliphatic carboxylic acids is 1. The van der Waals surface area contributed by atoms with Crippen LogP contribution in [0.2, 0.25) is 0 Å². The van der Waals surface area contributed by atoms with Gasteiger partial charge in [0.25, 0.3) is 0 Å². The van der Waals surface area contributed by atoms with Crippen molar-refractivity contribution in [3.8, 4) is 0 Å². The molecule has 3 aromatic rings. The first-order chi connectivity index (χ1) is 17.1. The molecule has 0 spiro atoms. The number of carboxylic acids is 1. The van der Waals surface area contributed by atoms with Gasteiger partial charge < -0.3 is 26.6 Å². The van der Waals surface area contributed by atoms with Gasteiger partial charge in [0.15, 0.2) is 6.04 Å². The SMILES string of the molecule is Cc1cc(C(Nc2cccc(C(N)=O)c2)C(=O)O)ccc1CCOC(=O)Nc1cccc(C(C)N)c1. The molecule has 3 aromatic carbocycles. The summed E-state index contributed by atoms with van der Waals surface area (Å²) >= 11 is 0. The summed E-state index contributed by atoms with van der Waals surface area (Å²) < 4.78 is 5.31. The van der Waals surface area contributed by atoms with Gasteiger partial charge in [-0.1, -0.05) is 36.4 Å². The number of benzene rings is 3. The van der Waals surface area contributed by atoms with Gasteiger partial charge in [-0.2, -0.15) is 0 Å². The van der Waals surface area contributed by atoms with Crippen LogP contribution in [0.4, 0.5) is 16.2 Å². The number of ether oxygens (including phenoxy) is 1. The summed E-state index contributed by atoms with van der Waals surface area (Å²) in [5.74, 6) is -1.67. The molecular formula is C27H30N4O5. The number of carboxylic acid groups (broad SMARTS) is 1. The first-order valence-corrected chi connectivity index (χ1v) is 11.4. The molecule has 0 heterocycles. The smallest absolute Gasteiger partial charge is 0.411 e. The van der Waals surface area contributed by atoms with E-state index in [-0.39, 0.29) is 18.2 Å². The highest BCUT2D eigenvalue weighted by Crippen LogP contribution is 2.24. The lowest BCUT2D eigenvalue weighted by atomic mass is 9.98. The zero-order valence-electron chi connectivity index (χ0n) is 20.2. The Bertz CT molecular complexity index is 1260. The highest BCUT2D eigenvalue weighted by atomic mass is 16.5. The molecule has 0 aliphatic rings. The summed E-state index contributed by atoms with van der Waals surface area (Å²) in [7, 11) is 0. The Hall–Kier alpha value is -4.37. The number of rotatable bonds is 10. The van der Waals surface area contributed by atoms with E-state index in [0.29, 0.717) is 23.4 Å². The number of hydrogen-bond donors (Lipinski definition) is 5. The van der Waals surface area contributed by atoms with Crippen LogP contribution in [0.25, 0.3) is 0 Å². The maximum atomic E-state index is 12.2. The van der Waals surface area contributed by atoms with Crippen LogP contribution >= 0.6 is 0 Å². The molecule has 0 aliphatic heterocycles. The predicted molar refractivity (Wildman–Crippen MR) is 138 cm³/mol. The second-order valence-corrected chi connectivity index (χ2v) is 8.47. The molecular weight excluding hydrogens is 460 g/mol. The molecule has 9 heteroatoms. The second kappa shape index (κ2) is 11.9. The number of nitrogens with one attached hydrogen (secondary N) is 2. The van der Waals surface area contributed by atoms with Crippen molar-refractivity contribution >= 4 is 29.3 Å². The summed E-state index contributed by atoms with van der Waals surface area (Å²) in [6, 6.07) is 17.7. The van der Waals surface area contributed by atoms with E-state index in [0.717, 1.165) is 16.7 Å². The Morgan fingerprint density at radius 2 is 1.69 bits per heavy atom. The molecule has 2 amide bonds. The fourth-order valence-electron chi connectivity index (χ4n) is 3.70. The molecule has 0 bridgehead atoms. The van der Waals surface area contributed by atoms with Crippen LogP contribution in [0.15, 0.2) is 66.7 Å². The Morgan fingerprint density at radius 1 is 0.972 bits per heavy atom. The molecule has 9 nitrogen and oxygen atoms in total. The van der Waals surface area contributed by atoms with Crippen molar-refractivity contribution in [2.45, 2.75) is 32.4 Å². The minimum absolute atomic E-state index is 0.148. The molecule has 0 radical (unpaired) electrons. The van der Waals surface area contributed by atoms with E-state index in [9.17, 15) is 19.5 Å². The topological polar surface area (TPSA) is 157 Å². The molecule has 2 unspecified atom stereocenters. The first-order valence-electron chi connectivity index (χ1n) is 11.4. The third-order valence-electron chi connectivity index (χ3n) is 5.67. The van der Waals surface area contributed by atoms with Crippen LogP contribution in [0, 0.1) is 6.92 Å². The van der Waals surface area contributed by atoms with Crippen LogP contribution in [0.1, 0.15) is 51.6 Å².